The van der Waals surface area contributed by atoms with Gasteiger partial charge >= 0.3 is 6.03 Å². The zero-order valence-corrected chi connectivity index (χ0v) is 15.3. The van der Waals surface area contributed by atoms with Gasteiger partial charge in [-0.15, -0.1) is 12.4 Å². The Labute approximate surface area is 161 Å². The quantitative estimate of drug-likeness (QED) is 0.697. The molecule has 0 bridgehead atoms. The Balaban J connectivity index is 0.00000261. The van der Waals surface area contributed by atoms with Crippen LogP contribution in [-0.2, 0) is 9.59 Å². The molecule has 0 saturated carbocycles. The van der Waals surface area contributed by atoms with Gasteiger partial charge in [-0.3, -0.25) is 14.9 Å². The zero-order valence-electron chi connectivity index (χ0n) is 14.5. The summed E-state index contributed by atoms with van der Waals surface area (Å²) in [5.74, 6) is -2.71. The normalized spacial score (nSPS) is 22.7. The highest BCUT2D eigenvalue weighted by Crippen LogP contribution is 2.27. The number of hydrogen-bond donors (Lipinski definition) is 3. The smallest absolute Gasteiger partial charge is 0.324 e. The Bertz CT molecular complexity index is 734. The summed E-state index contributed by atoms with van der Waals surface area (Å²) in [6, 6.07) is 2.87. The molecule has 1 aromatic rings. The van der Waals surface area contributed by atoms with Crippen molar-refractivity contribution in [2.24, 2.45) is 0 Å². The zero-order chi connectivity index (χ0) is 18.7. The highest BCUT2D eigenvalue weighted by molar-refractivity contribution is 5.98. The Morgan fingerprint density at radius 2 is 2.04 bits per heavy atom. The van der Waals surface area contributed by atoms with Crippen molar-refractivity contribution in [2.45, 2.75) is 24.8 Å². The SMILES string of the molecule is Cl.O=C1CCN(CC(=O)NC2CNCCC2c2ccc(F)c(F)c2)C(=O)N1. The third kappa shape index (κ3) is 5.14. The molecule has 3 N–H and O–H groups in total. The van der Waals surface area contributed by atoms with Gasteiger partial charge in [-0.1, -0.05) is 6.07 Å². The molecule has 3 rings (SSSR count). The van der Waals surface area contributed by atoms with Crippen LogP contribution in [0.15, 0.2) is 18.2 Å². The van der Waals surface area contributed by atoms with Crippen LogP contribution in [0, 0.1) is 11.6 Å². The molecule has 2 saturated heterocycles. The van der Waals surface area contributed by atoms with Crippen LogP contribution in [0.3, 0.4) is 0 Å². The molecule has 7 nitrogen and oxygen atoms in total. The summed E-state index contributed by atoms with van der Waals surface area (Å²) in [6.07, 6.45) is 0.816. The van der Waals surface area contributed by atoms with E-state index in [2.05, 4.69) is 16.0 Å². The van der Waals surface area contributed by atoms with E-state index < -0.39 is 17.7 Å². The first kappa shape index (κ1) is 21.0. The van der Waals surface area contributed by atoms with Gasteiger partial charge in [-0.25, -0.2) is 13.6 Å². The highest BCUT2D eigenvalue weighted by Gasteiger charge is 2.30. The van der Waals surface area contributed by atoms with Crippen LogP contribution in [0.2, 0.25) is 0 Å². The van der Waals surface area contributed by atoms with Gasteiger partial charge < -0.3 is 15.5 Å². The molecule has 2 atom stereocenters. The lowest BCUT2D eigenvalue weighted by Crippen LogP contribution is -2.55. The summed E-state index contributed by atoms with van der Waals surface area (Å²) in [5.41, 5.74) is 0.622. The second-order valence-electron chi connectivity index (χ2n) is 6.47. The van der Waals surface area contributed by atoms with Gasteiger partial charge in [0.1, 0.15) is 6.54 Å². The summed E-state index contributed by atoms with van der Waals surface area (Å²) < 4.78 is 26.7. The number of nitrogens with one attached hydrogen (secondary N) is 3. The van der Waals surface area contributed by atoms with Crippen molar-refractivity contribution >= 4 is 30.3 Å². The Morgan fingerprint density at radius 3 is 2.74 bits per heavy atom. The first-order chi connectivity index (χ1) is 12.4. The molecule has 2 aliphatic rings. The molecule has 2 unspecified atom stereocenters. The predicted molar refractivity (Wildman–Crippen MR) is 95.5 cm³/mol. The second kappa shape index (κ2) is 9.09. The lowest BCUT2D eigenvalue weighted by atomic mass is 9.86. The van der Waals surface area contributed by atoms with Crippen molar-refractivity contribution in [1.29, 1.82) is 0 Å². The molecule has 0 aliphatic carbocycles. The minimum atomic E-state index is -0.916. The second-order valence-corrected chi connectivity index (χ2v) is 6.47. The Morgan fingerprint density at radius 1 is 1.26 bits per heavy atom. The van der Waals surface area contributed by atoms with Crippen LogP contribution < -0.4 is 16.0 Å². The highest BCUT2D eigenvalue weighted by atomic mass is 35.5. The maximum Gasteiger partial charge on any atom is 0.324 e. The number of carbonyl (C=O) groups excluding carboxylic acids is 3. The van der Waals surface area contributed by atoms with Crippen molar-refractivity contribution in [2.75, 3.05) is 26.2 Å². The van der Waals surface area contributed by atoms with Crippen molar-refractivity contribution in [3.8, 4) is 0 Å². The van der Waals surface area contributed by atoms with E-state index in [1.54, 1.807) is 0 Å². The van der Waals surface area contributed by atoms with Gasteiger partial charge in [-0.2, -0.15) is 0 Å². The minimum Gasteiger partial charge on any atom is -0.350 e. The first-order valence-corrected chi connectivity index (χ1v) is 8.48. The van der Waals surface area contributed by atoms with E-state index >= 15 is 0 Å². The summed E-state index contributed by atoms with van der Waals surface area (Å²) in [4.78, 5) is 36.4. The molecule has 27 heavy (non-hydrogen) atoms. The van der Waals surface area contributed by atoms with Gasteiger partial charge in [0.15, 0.2) is 11.6 Å². The van der Waals surface area contributed by atoms with Crippen LogP contribution >= 0.6 is 12.4 Å². The fourth-order valence-electron chi connectivity index (χ4n) is 3.33. The number of nitrogens with zero attached hydrogens (tertiary/aromatic N) is 1. The van der Waals surface area contributed by atoms with Crippen molar-refractivity contribution in [1.82, 2.24) is 20.9 Å². The summed E-state index contributed by atoms with van der Waals surface area (Å²) in [7, 11) is 0. The Hall–Kier alpha value is -2.26. The molecule has 1 aromatic carbocycles. The fraction of sp³-hybridized carbons (Fsp3) is 0.471. The van der Waals surface area contributed by atoms with Gasteiger partial charge in [0.05, 0.1) is 0 Å². The molecule has 0 spiro atoms. The number of urea groups is 1. The molecular formula is C17H21ClF2N4O3. The maximum atomic E-state index is 13.6. The first-order valence-electron chi connectivity index (χ1n) is 8.48. The van der Waals surface area contributed by atoms with Gasteiger partial charge in [0.2, 0.25) is 11.8 Å². The standard InChI is InChI=1S/C17H20F2N4O3.ClH/c18-12-2-1-10(7-13(12)19)11-3-5-20-8-14(11)21-16(25)9-23-6-4-15(24)22-17(23)26;/h1-2,7,11,14,20H,3-6,8-9H2,(H,21,25)(H,22,24,26);1H. The average molecular weight is 403 g/mol. The van der Waals surface area contributed by atoms with Crippen LogP contribution in [0.5, 0.6) is 0 Å². The Kier molecular flexibility index (Phi) is 7.09. The number of rotatable bonds is 4. The van der Waals surface area contributed by atoms with E-state index in [-0.39, 0.29) is 55.7 Å². The van der Waals surface area contributed by atoms with Crippen molar-refractivity contribution < 1.29 is 23.2 Å². The molecule has 10 heteroatoms. The van der Waals surface area contributed by atoms with Crippen LogP contribution in [0.4, 0.5) is 13.6 Å². The molecule has 2 heterocycles. The minimum absolute atomic E-state index is 0. The third-order valence-electron chi connectivity index (χ3n) is 4.68. The lowest BCUT2D eigenvalue weighted by Gasteiger charge is -2.34. The van der Waals surface area contributed by atoms with E-state index in [9.17, 15) is 23.2 Å². The van der Waals surface area contributed by atoms with E-state index in [1.807, 2.05) is 0 Å². The summed E-state index contributed by atoms with van der Waals surface area (Å²) in [6.45, 7) is 1.21. The predicted octanol–water partition coefficient (Wildman–Crippen LogP) is 0.890. The average Bonchev–Trinajstić information content (AvgIpc) is 2.60. The van der Waals surface area contributed by atoms with Crippen molar-refractivity contribution in [3.63, 3.8) is 0 Å². The van der Waals surface area contributed by atoms with E-state index in [4.69, 9.17) is 0 Å². The number of carbonyl (C=O) groups is 3. The lowest BCUT2D eigenvalue weighted by molar-refractivity contribution is -0.125. The van der Waals surface area contributed by atoms with Gasteiger partial charge in [0.25, 0.3) is 0 Å². The summed E-state index contributed by atoms with van der Waals surface area (Å²) >= 11 is 0. The topological polar surface area (TPSA) is 90.5 Å². The molecule has 0 aromatic heterocycles. The molecular weight excluding hydrogens is 382 g/mol. The molecule has 4 amide bonds. The van der Waals surface area contributed by atoms with Gasteiger partial charge in [0, 0.05) is 31.5 Å². The monoisotopic (exact) mass is 402 g/mol. The fourth-order valence-corrected chi connectivity index (χ4v) is 3.33. The van der Waals surface area contributed by atoms with Crippen LogP contribution in [0.25, 0.3) is 0 Å². The maximum absolute atomic E-state index is 13.6. The van der Waals surface area contributed by atoms with Crippen LogP contribution in [0.1, 0.15) is 24.3 Å². The number of halogens is 3. The van der Waals surface area contributed by atoms with E-state index in [1.165, 1.54) is 11.0 Å². The van der Waals surface area contributed by atoms with E-state index in [0.29, 0.717) is 25.1 Å². The molecule has 148 valence electrons. The largest absolute Gasteiger partial charge is 0.350 e. The number of hydrogen-bond acceptors (Lipinski definition) is 4. The van der Waals surface area contributed by atoms with E-state index in [0.717, 1.165) is 12.1 Å². The number of piperidine rings is 1. The van der Waals surface area contributed by atoms with Crippen molar-refractivity contribution in [3.05, 3.63) is 35.4 Å². The third-order valence-corrected chi connectivity index (χ3v) is 4.68. The molecule has 0 radical (unpaired) electrons. The van der Waals surface area contributed by atoms with Gasteiger partial charge in [-0.05, 0) is 30.7 Å². The van der Waals surface area contributed by atoms with Crippen LogP contribution in [-0.4, -0.2) is 55.0 Å². The summed E-state index contributed by atoms with van der Waals surface area (Å²) in [5, 5.41) is 8.18. The molecule has 2 aliphatic heterocycles. The number of imide groups is 1. The molecule has 2 fully saturated rings. The number of benzene rings is 1. The number of amides is 4.